The molecule has 166 valence electrons. The number of benzene rings is 1. The lowest BCUT2D eigenvalue weighted by Crippen LogP contribution is -2.22. The first-order valence-electron chi connectivity index (χ1n) is 9.00. The fourth-order valence-corrected chi connectivity index (χ4v) is 3.84. The topological polar surface area (TPSA) is 99.5 Å². The van der Waals surface area contributed by atoms with Crippen LogP contribution in [0.25, 0.3) is 0 Å². The van der Waals surface area contributed by atoms with Gasteiger partial charge in [0.05, 0.1) is 35.5 Å². The normalized spacial score (nSPS) is 13.6. The predicted molar refractivity (Wildman–Crippen MR) is 105 cm³/mol. The number of esters is 2. The molecule has 0 saturated heterocycles. The van der Waals surface area contributed by atoms with Crippen LogP contribution in [0.5, 0.6) is 0 Å². The van der Waals surface area contributed by atoms with Crippen LogP contribution in [0.4, 0.5) is 18.9 Å². The first-order chi connectivity index (χ1) is 14.5. The number of amides is 1. The zero-order chi connectivity index (χ0) is 22.9. The highest BCUT2D eigenvalue weighted by Gasteiger charge is 2.42. The molecule has 1 aromatic carbocycles. The Morgan fingerprint density at radius 3 is 2.13 bits per heavy atom. The molecule has 0 atom stereocenters. The van der Waals surface area contributed by atoms with Crippen LogP contribution in [0.3, 0.4) is 0 Å². The Kier molecular flexibility index (Phi) is 6.39. The van der Waals surface area contributed by atoms with Crippen LogP contribution in [0, 0.1) is 0 Å². The van der Waals surface area contributed by atoms with Gasteiger partial charge in [0, 0.05) is 11.6 Å². The number of halogens is 4. The minimum Gasteiger partial charge on any atom is -0.465 e. The van der Waals surface area contributed by atoms with Crippen LogP contribution >= 0.6 is 15.9 Å². The van der Waals surface area contributed by atoms with Crippen molar-refractivity contribution in [2.75, 3.05) is 19.5 Å². The average molecular weight is 504 g/mol. The smallest absolute Gasteiger partial charge is 0.436 e. The maximum absolute atomic E-state index is 13.2. The molecule has 0 unspecified atom stereocenters. The lowest BCUT2D eigenvalue weighted by molar-refractivity contribution is -0.142. The first kappa shape index (κ1) is 22.8. The summed E-state index contributed by atoms with van der Waals surface area (Å²) in [5, 5.41) is 6.05. The van der Waals surface area contributed by atoms with Gasteiger partial charge >= 0.3 is 18.1 Å². The number of nitrogens with one attached hydrogen (secondary N) is 1. The van der Waals surface area contributed by atoms with Crippen LogP contribution in [-0.4, -0.2) is 41.8 Å². The number of aromatic nitrogens is 2. The van der Waals surface area contributed by atoms with Gasteiger partial charge in [0.2, 0.25) is 5.91 Å². The van der Waals surface area contributed by atoms with Crippen LogP contribution in [0.1, 0.15) is 50.9 Å². The molecule has 1 aliphatic carbocycles. The quantitative estimate of drug-likeness (QED) is 0.602. The highest BCUT2D eigenvalue weighted by molar-refractivity contribution is 9.10. The van der Waals surface area contributed by atoms with Crippen LogP contribution in [0.2, 0.25) is 0 Å². The Morgan fingerprint density at radius 2 is 1.68 bits per heavy atom. The van der Waals surface area contributed by atoms with Crippen LogP contribution < -0.4 is 5.32 Å². The van der Waals surface area contributed by atoms with Gasteiger partial charge in [-0.3, -0.25) is 9.48 Å². The largest absolute Gasteiger partial charge is 0.465 e. The minimum absolute atomic E-state index is 0.0134. The van der Waals surface area contributed by atoms with Gasteiger partial charge in [-0.2, -0.15) is 18.3 Å². The Bertz CT molecular complexity index is 1010. The number of rotatable bonds is 6. The zero-order valence-corrected chi connectivity index (χ0v) is 18.0. The van der Waals surface area contributed by atoms with Crippen molar-refractivity contribution in [2.24, 2.45) is 0 Å². The molecule has 8 nitrogen and oxygen atoms in total. The number of alkyl halides is 3. The number of hydrogen-bond acceptors (Lipinski definition) is 6. The third kappa shape index (κ3) is 5.06. The number of ether oxygens (including phenoxy) is 2. The lowest BCUT2D eigenvalue weighted by Gasteiger charge is -2.11. The van der Waals surface area contributed by atoms with E-state index in [1.807, 2.05) is 0 Å². The zero-order valence-electron chi connectivity index (χ0n) is 16.4. The van der Waals surface area contributed by atoms with Crippen molar-refractivity contribution in [1.29, 1.82) is 0 Å². The molecule has 3 rings (SSSR count). The van der Waals surface area contributed by atoms with E-state index in [9.17, 15) is 27.6 Å². The van der Waals surface area contributed by atoms with E-state index in [-0.39, 0.29) is 27.2 Å². The predicted octanol–water partition coefficient (Wildman–Crippen LogP) is 3.75. The number of anilines is 1. The second kappa shape index (κ2) is 8.69. The molecule has 1 amide bonds. The molecule has 12 heteroatoms. The van der Waals surface area contributed by atoms with Crippen molar-refractivity contribution in [1.82, 2.24) is 9.78 Å². The molecule has 0 aliphatic heterocycles. The molecule has 1 aromatic heterocycles. The van der Waals surface area contributed by atoms with Crippen molar-refractivity contribution in [3.8, 4) is 0 Å². The maximum Gasteiger partial charge on any atom is 0.436 e. The van der Waals surface area contributed by atoms with Crippen LogP contribution in [0.15, 0.2) is 22.7 Å². The summed E-state index contributed by atoms with van der Waals surface area (Å²) in [6.07, 6.45) is -3.27. The third-order valence-electron chi connectivity index (χ3n) is 4.52. The number of methoxy groups -OCH3 is 2. The van der Waals surface area contributed by atoms with Gasteiger partial charge in [-0.1, -0.05) is 0 Å². The molecule has 0 bridgehead atoms. The van der Waals surface area contributed by atoms with Gasteiger partial charge in [-0.15, -0.1) is 0 Å². The molecule has 1 heterocycles. The Morgan fingerprint density at radius 1 is 1.13 bits per heavy atom. The minimum atomic E-state index is -4.67. The summed E-state index contributed by atoms with van der Waals surface area (Å²) in [5.74, 6) is -2.30. The molecule has 0 spiro atoms. The van der Waals surface area contributed by atoms with E-state index in [1.165, 1.54) is 18.2 Å². The van der Waals surface area contributed by atoms with E-state index in [2.05, 4.69) is 35.8 Å². The summed E-state index contributed by atoms with van der Waals surface area (Å²) in [6.45, 7) is -0.490. The molecular weight excluding hydrogens is 487 g/mol. The standard InChI is InChI=1S/C19H17BrF3N3O5/c1-30-17(28)10-5-11(18(29)31-2)7-12(6-10)24-13(27)8-26-15(9-3-4-9)14(20)16(25-26)19(21,22)23/h5-7,9H,3-4,8H2,1-2H3,(H,24,27). The number of hydrogen-bond donors (Lipinski definition) is 1. The van der Waals surface area contributed by atoms with Gasteiger partial charge in [0.1, 0.15) is 6.54 Å². The Hall–Kier alpha value is -2.89. The van der Waals surface area contributed by atoms with Gasteiger partial charge in [-0.25, -0.2) is 9.59 Å². The summed E-state index contributed by atoms with van der Waals surface area (Å²) in [5.41, 5.74) is -0.742. The molecule has 1 saturated carbocycles. The van der Waals surface area contributed by atoms with Crippen molar-refractivity contribution < 1.29 is 37.0 Å². The lowest BCUT2D eigenvalue weighted by atomic mass is 10.1. The second-order valence-electron chi connectivity index (χ2n) is 6.81. The summed E-state index contributed by atoms with van der Waals surface area (Å²) in [4.78, 5) is 36.3. The molecule has 31 heavy (non-hydrogen) atoms. The molecule has 1 N–H and O–H groups in total. The molecule has 0 radical (unpaired) electrons. The van der Waals surface area contributed by atoms with Gasteiger partial charge in [0.15, 0.2) is 5.69 Å². The maximum atomic E-state index is 13.2. The Labute approximate surface area is 182 Å². The third-order valence-corrected chi connectivity index (χ3v) is 5.30. The highest BCUT2D eigenvalue weighted by Crippen LogP contribution is 2.46. The van der Waals surface area contributed by atoms with Crippen LogP contribution in [-0.2, 0) is 27.0 Å². The van der Waals surface area contributed by atoms with E-state index >= 15 is 0 Å². The molecule has 2 aromatic rings. The van der Waals surface area contributed by atoms with Crippen molar-refractivity contribution in [2.45, 2.75) is 31.5 Å². The van der Waals surface area contributed by atoms with Gasteiger partial charge in [0.25, 0.3) is 0 Å². The average Bonchev–Trinajstić information content (AvgIpc) is 3.48. The summed E-state index contributed by atoms with van der Waals surface area (Å²) < 4.78 is 49.8. The SMILES string of the molecule is COC(=O)c1cc(NC(=O)Cn2nc(C(F)(F)F)c(Br)c2C2CC2)cc(C(=O)OC)c1. The van der Waals surface area contributed by atoms with Gasteiger partial charge in [-0.05, 0) is 47.0 Å². The Balaban J connectivity index is 1.87. The van der Waals surface area contributed by atoms with E-state index in [0.717, 1.165) is 18.9 Å². The number of carbonyl (C=O) groups is 3. The summed E-state index contributed by atoms with van der Waals surface area (Å²) >= 11 is 2.96. The van der Waals surface area contributed by atoms with Gasteiger partial charge < -0.3 is 14.8 Å². The number of nitrogens with zero attached hydrogens (tertiary/aromatic N) is 2. The van der Waals surface area contributed by atoms with Crippen molar-refractivity contribution >= 4 is 39.5 Å². The second-order valence-corrected chi connectivity index (χ2v) is 7.60. The molecular formula is C19H17BrF3N3O5. The van der Waals surface area contributed by atoms with Crippen molar-refractivity contribution in [3.63, 3.8) is 0 Å². The highest BCUT2D eigenvalue weighted by atomic mass is 79.9. The first-order valence-corrected chi connectivity index (χ1v) is 9.79. The van der Waals surface area contributed by atoms with Crippen molar-refractivity contribution in [3.05, 3.63) is 45.2 Å². The van der Waals surface area contributed by atoms with E-state index in [0.29, 0.717) is 18.5 Å². The summed E-state index contributed by atoms with van der Waals surface area (Å²) in [7, 11) is 2.30. The fraction of sp³-hybridized carbons (Fsp3) is 0.368. The van der Waals surface area contributed by atoms with E-state index in [4.69, 9.17) is 0 Å². The summed E-state index contributed by atoms with van der Waals surface area (Å²) in [6, 6.07) is 3.79. The monoisotopic (exact) mass is 503 g/mol. The number of carbonyl (C=O) groups excluding carboxylic acids is 3. The molecule has 1 fully saturated rings. The fourth-order valence-electron chi connectivity index (χ4n) is 3.01. The molecule has 1 aliphatic rings. The van der Waals surface area contributed by atoms with E-state index in [1.54, 1.807) is 0 Å². The van der Waals surface area contributed by atoms with E-state index < -0.39 is 36.3 Å².